The first-order valence-electron chi connectivity index (χ1n) is 8.30. The van der Waals surface area contributed by atoms with E-state index in [1.165, 1.54) is 0 Å². The number of hydrogen-bond donors (Lipinski definition) is 1. The molecule has 130 valence electrons. The van der Waals surface area contributed by atoms with E-state index in [1.54, 1.807) is 10.9 Å². The Balaban J connectivity index is 1.34. The maximum atomic E-state index is 12.2. The summed E-state index contributed by atoms with van der Waals surface area (Å²) in [5.74, 6) is 0.548. The van der Waals surface area contributed by atoms with Gasteiger partial charge in [0.15, 0.2) is 11.3 Å². The molecule has 0 aliphatic carbocycles. The third kappa shape index (κ3) is 3.44. The summed E-state index contributed by atoms with van der Waals surface area (Å²) in [7, 11) is 0. The average Bonchev–Trinajstić information content (AvgIpc) is 3.30. The monoisotopic (exact) mass is 347 g/mol. The van der Waals surface area contributed by atoms with Gasteiger partial charge >= 0.3 is 0 Å². The number of hydrogen-bond acceptors (Lipinski definition) is 5. The van der Waals surface area contributed by atoms with Gasteiger partial charge in [0.1, 0.15) is 5.82 Å². The number of benzene rings is 1. The average molecular weight is 347 g/mol. The molecular formula is C18H17N7O. The van der Waals surface area contributed by atoms with Gasteiger partial charge in [-0.25, -0.2) is 4.68 Å². The summed E-state index contributed by atoms with van der Waals surface area (Å²) < 4.78 is 3.55. The number of carbonyl (C=O) groups is 1. The van der Waals surface area contributed by atoms with Gasteiger partial charge < -0.3 is 5.32 Å². The van der Waals surface area contributed by atoms with E-state index in [4.69, 9.17) is 0 Å². The molecule has 0 unspecified atom stereocenters. The third-order valence-corrected chi connectivity index (χ3v) is 3.98. The van der Waals surface area contributed by atoms with E-state index in [9.17, 15) is 4.79 Å². The van der Waals surface area contributed by atoms with E-state index in [2.05, 4.69) is 25.8 Å². The fourth-order valence-electron chi connectivity index (χ4n) is 2.69. The second-order valence-corrected chi connectivity index (χ2v) is 5.84. The lowest BCUT2D eigenvalue weighted by atomic mass is 10.2. The van der Waals surface area contributed by atoms with Gasteiger partial charge in [-0.05, 0) is 17.7 Å². The van der Waals surface area contributed by atoms with Crippen molar-refractivity contribution in [2.45, 2.75) is 13.0 Å². The second kappa shape index (κ2) is 7.14. The van der Waals surface area contributed by atoms with Crippen molar-refractivity contribution in [1.29, 1.82) is 0 Å². The highest BCUT2D eigenvalue weighted by Gasteiger charge is 2.11. The SMILES string of the molecule is O=C(NCCc1nnc2ccccn12)c1cn(Cc2ccccc2)nn1. The van der Waals surface area contributed by atoms with E-state index in [1.807, 2.05) is 59.1 Å². The van der Waals surface area contributed by atoms with Crippen LogP contribution in [0, 0.1) is 0 Å². The molecule has 26 heavy (non-hydrogen) atoms. The maximum absolute atomic E-state index is 12.2. The minimum absolute atomic E-state index is 0.252. The fourth-order valence-corrected chi connectivity index (χ4v) is 2.69. The Morgan fingerprint density at radius 2 is 1.85 bits per heavy atom. The molecule has 8 nitrogen and oxygen atoms in total. The molecule has 0 saturated heterocycles. The molecule has 8 heteroatoms. The molecule has 4 aromatic rings. The Morgan fingerprint density at radius 3 is 2.73 bits per heavy atom. The van der Waals surface area contributed by atoms with Gasteiger partial charge in [0, 0.05) is 19.2 Å². The summed E-state index contributed by atoms with van der Waals surface area (Å²) in [5.41, 5.74) is 2.19. The van der Waals surface area contributed by atoms with Crippen LogP contribution >= 0.6 is 0 Å². The van der Waals surface area contributed by atoms with Crippen LogP contribution in [-0.2, 0) is 13.0 Å². The molecule has 0 aliphatic rings. The van der Waals surface area contributed by atoms with E-state index in [-0.39, 0.29) is 5.91 Å². The normalized spacial score (nSPS) is 10.9. The Morgan fingerprint density at radius 1 is 1.00 bits per heavy atom. The Kier molecular flexibility index (Phi) is 4.38. The first kappa shape index (κ1) is 15.9. The highest BCUT2D eigenvalue weighted by molar-refractivity contribution is 5.91. The van der Waals surface area contributed by atoms with Crippen molar-refractivity contribution in [3.8, 4) is 0 Å². The molecule has 3 heterocycles. The van der Waals surface area contributed by atoms with E-state index in [0.29, 0.717) is 25.2 Å². The first-order chi connectivity index (χ1) is 12.8. The van der Waals surface area contributed by atoms with Crippen LogP contribution in [0.1, 0.15) is 21.9 Å². The molecule has 0 spiro atoms. The van der Waals surface area contributed by atoms with Gasteiger partial charge in [-0.1, -0.05) is 41.6 Å². The van der Waals surface area contributed by atoms with E-state index >= 15 is 0 Å². The summed E-state index contributed by atoms with van der Waals surface area (Å²) in [5, 5.41) is 19.0. The standard InChI is InChI=1S/C18H17N7O/c26-18(15-13-24(23-20-15)12-14-6-2-1-3-7-14)19-10-9-17-22-21-16-8-4-5-11-25(16)17/h1-8,11,13H,9-10,12H2,(H,19,26). The summed E-state index contributed by atoms with van der Waals surface area (Å²) in [6.45, 7) is 1.02. The highest BCUT2D eigenvalue weighted by Crippen LogP contribution is 2.04. The summed E-state index contributed by atoms with van der Waals surface area (Å²) in [4.78, 5) is 12.2. The molecule has 3 aromatic heterocycles. The van der Waals surface area contributed by atoms with Crippen LogP contribution < -0.4 is 5.32 Å². The summed E-state index contributed by atoms with van der Waals surface area (Å²) >= 11 is 0. The van der Waals surface area contributed by atoms with Crippen molar-refractivity contribution in [3.05, 3.63) is 78.0 Å². The van der Waals surface area contributed by atoms with Gasteiger partial charge in [0.2, 0.25) is 0 Å². The quantitative estimate of drug-likeness (QED) is 0.568. The molecule has 4 rings (SSSR count). The minimum Gasteiger partial charge on any atom is -0.350 e. The Bertz CT molecular complexity index is 1020. The minimum atomic E-state index is -0.252. The van der Waals surface area contributed by atoms with Crippen molar-refractivity contribution in [3.63, 3.8) is 0 Å². The number of nitrogens with zero attached hydrogens (tertiary/aromatic N) is 6. The molecule has 0 saturated carbocycles. The lowest BCUT2D eigenvalue weighted by Gasteiger charge is -2.02. The number of rotatable bonds is 6. The lowest BCUT2D eigenvalue weighted by molar-refractivity contribution is 0.0949. The molecule has 1 aromatic carbocycles. The largest absolute Gasteiger partial charge is 0.350 e. The van der Waals surface area contributed by atoms with Gasteiger partial charge in [-0.15, -0.1) is 15.3 Å². The van der Waals surface area contributed by atoms with Crippen LogP contribution in [0.3, 0.4) is 0 Å². The predicted octanol–water partition coefficient (Wildman–Crippen LogP) is 1.34. The van der Waals surface area contributed by atoms with Crippen LogP contribution in [0.5, 0.6) is 0 Å². The molecule has 1 amide bonds. The van der Waals surface area contributed by atoms with Crippen LogP contribution in [-0.4, -0.2) is 42.0 Å². The van der Waals surface area contributed by atoms with Crippen molar-refractivity contribution < 1.29 is 4.79 Å². The van der Waals surface area contributed by atoms with Crippen LogP contribution in [0.2, 0.25) is 0 Å². The molecule has 0 atom stereocenters. The Labute approximate surface area is 149 Å². The smallest absolute Gasteiger partial charge is 0.273 e. The number of aromatic nitrogens is 6. The van der Waals surface area contributed by atoms with Crippen LogP contribution in [0.25, 0.3) is 5.65 Å². The highest BCUT2D eigenvalue weighted by atomic mass is 16.2. The second-order valence-electron chi connectivity index (χ2n) is 5.84. The molecule has 1 N–H and O–H groups in total. The molecule has 0 bridgehead atoms. The Hall–Kier alpha value is -3.55. The summed E-state index contributed by atoms with van der Waals surface area (Å²) in [6.07, 6.45) is 4.13. The fraction of sp³-hybridized carbons (Fsp3) is 0.167. The van der Waals surface area contributed by atoms with Gasteiger partial charge in [0.25, 0.3) is 5.91 Å². The van der Waals surface area contributed by atoms with Crippen molar-refractivity contribution >= 4 is 11.6 Å². The number of carbonyl (C=O) groups excluding carboxylic acids is 1. The molecular weight excluding hydrogens is 330 g/mol. The number of nitrogens with one attached hydrogen (secondary N) is 1. The van der Waals surface area contributed by atoms with Gasteiger partial charge in [0.05, 0.1) is 12.7 Å². The lowest BCUT2D eigenvalue weighted by Crippen LogP contribution is -2.26. The zero-order valence-electron chi connectivity index (χ0n) is 14.0. The number of amides is 1. The molecule has 0 fully saturated rings. The zero-order valence-corrected chi connectivity index (χ0v) is 14.0. The number of pyridine rings is 1. The summed E-state index contributed by atoms with van der Waals surface area (Å²) in [6, 6.07) is 15.6. The van der Waals surface area contributed by atoms with E-state index < -0.39 is 0 Å². The molecule has 0 radical (unpaired) electrons. The first-order valence-corrected chi connectivity index (χ1v) is 8.30. The van der Waals surface area contributed by atoms with Crippen molar-refractivity contribution in [2.75, 3.05) is 6.54 Å². The zero-order chi connectivity index (χ0) is 17.8. The van der Waals surface area contributed by atoms with Crippen molar-refractivity contribution in [1.82, 2.24) is 34.9 Å². The van der Waals surface area contributed by atoms with Crippen LogP contribution in [0.15, 0.2) is 60.9 Å². The maximum Gasteiger partial charge on any atom is 0.273 e. The van der Waals surface area contributed by atoms with Crippen molar-refractivity contribution in [2.24, 2.45) is 0 Å². The van der Waals surface area contributed by atoms with Gasteiger partial charge in [-0.2, -0.15) is 0 Å². The van der Waals surface area contributed by atoms with Crippen LogP contribution in [0.4, 0.5) is 0 Å². The molecule has 0 aliphatic heterocycles. The van der Waals surface area contributed by atoms with Gasteiger partial charge in [-0.3, -0.25) is 9.20 Å². The number of fused-ring (bicyclic) bond motifs is 1. The third-order valence-electron chi connectivity index (χ3n) is 3.98. The topological polar surface area (TPSA) is 90.0 Å². The predicted molar refractivity (Wildman–Crippen MR) is 94.6 cm³/mol. The van der Waals surface area contributed by atoms with E-state index in [0.717, 1.165) is 17.0 Å².